The van der Waals surface area contributed by atoms with Crippen molar-refractivity contribution < 1.29 is 13.2 Å². The van der Waals surface area contributed by atoms with E-state index in [1.807, 2.05) is 6.92 Å². The van der Waals surface area contributed by atoms with Crippen molar-refractivity contribution in [2.24, 2.45) is 5.92 Å². The van der Waals surface area contributed by atoms with Crippen molar-refractivity contribution in [3.05, 3.63) is 0 Å². The average molecular weight is 278 g/mol. The van der Waals surface area contributed by atoms with Crippen molar-refractivity contribution in [3.63, 3.8) is 0 Å². The Bertz CT molecular complexity index is 326. The minimum absolute atomic E-state index is 0.445. The van der Waals surface area contributed by atoms with E-state index in [9.17, 15) is 8.42 Å². The Morgan fingerprint density at radius 3 is 2.72 bits per heavy atom. The molecule has 0 aliphatic carbocycles. The van der Waals surface area contributed by atoms with Crippen LogP contribution in [0.2, 0.25) is 0 Å². The van der Waals surface area contributed by atoms with E-state index >= 15 is 0 Å². The van der Waals surface area contributed by atoms with Crippen LogP contribution in [0.3, 0.4) is 0 Å². The number of nitrogens with one attached hydrogen (secondary N) is 1. The molecule has 0 amide bonds. The quantitative estimate of drug-likeness (QED) is 0.663. The molecule has 0 bridgehead atoms. The minimum atomic E-state index is -3.05. The van der Waals surface area contributed by atoms with Crippen LogP contribution in [0, 0.1) is 5.92 Å². The van der Waals surface area contributed by atoms with Crippen molar-refractivity contribution in [2.45, 2.75) is 32.7 Å². The molecule has 1 aliphatic rings. The summed E-state index contributed by atoms with van der Waals surface area (Å²) in [7, 11) is -3.05. The highest BCUT2D eigenvalue weighted by Gasteiger charge is 2.21. The fourth-order valence-corrected chi connectivity index (χ4v) is 3.19. The Morgan fingerprint density at radius 1 is 1.50 bits per heavy atom. The van der Waals surface area contributed by atoms with Crippen LogP contribution in [0.25, 0.3) is 0 Å². The molecule has 2 atom stereocenters. The number of rotatable bonds is 8. The van der Waals surface area contributed by atoms with Crippen LogP contribution in [-0.2, 0) is 14.8 Å². The Labute approximate surface area is 111 Å². The number of hydrogen-bond acceptors (Lipinski definition) is 4. The molecule has 1 fully saturated rings. The molecule has 1 saturated heterocycles. The van der Waals surface area contributed by atoms with Crippen LogP contribution in [0.15, 0.2) is 0 Å². The van der Waals surface area contributed by atoms with Gasteiger partial charge >= 0.3 is 0 Å². The van der Waals surface area contributed by atoms with Crippen molar-refractivity contribution in [1.82, 2.24) is 9.62 Å². The highest BCUT2D eigenvalue weighted by Crippen LogP contribution is 2.16. The molecule has 1 heterocycles. The van der Waals surface area contributed by atoms with E-state index < -0.39 is 10.0 Å². The lowest BCUT2D eigenvalue weighted by Gasteiger charge is -2.21. The van der Waals surface area contributed by atoms with E-state index in [0.717, 1.165) is 32.6 Å². The lowest BCUT2D eigenvalue weighted by molar-refractivity contribution is 0.178. The van der Waals surface area contributed by atoms with Gasteiger partial charge in [-0.05, 0) is 32.2 Å². The molecule has 1 rings (SSSR count). The smallest absolute Gasteiger partial charge is 0.211 e. The summed E-state index contributed by atoms with van der Waals surface area (Å²) in [6.07, 6.45) is 3.24. The van der Waals surface area contributed by atoms with Gasteiger partial charge in [0.15, 0.2) is 0 Å². The predicted molar refractivity (Wildman–Crippen MR) is 73.1 cm³/mol. The second-order valence-corrected chi connectivity index (χ2v) is 6.96. The summed E-state index contributed by atoms with van der Waals surface area (Å²) < 4.78 is 29.6. The summed E-state index contributed by atoms with van der Waals surface area (Å²) in [4.78, 5) is 0. The van der Waals surface area contributed by atoms with E-state index in [2.05, 4.69) is 12.2 Å². The molecule has 108 valence electrons. The van der Waals surface area contributed by atoms with E-state index in [1.165, 1.54) is 10.6 Å². The summed E-state index contributed by atoms with van der Waals surface area (Å²) >= 11 is 0. The first-order valence-electron chi connectivity index (χ1n) is 6.71. The van der Waals surface area contributed by atoms with Crippen molar-refractivity contribution in [2.75, 3.05) is 39.1 Å². The molecule has 5 nitrogen and oxygen atoms in total. The normalized spacial score (nSPS) is 22.6. The van der Waals surface area contributed by atoms with Gasteiger partial charge < -0.3 is 10.1 Å². The van der Waals surface area contributed by atoms with Crippen molar-refractivity contribution in [3.8, 4) is 0 Å². The molecule has 0 saturated carbocycles. The summed E-state index contributed by atoms with van der Waals surface area (Å²) in [5.74, 6) is 0.599. The maximum absolute atomic E-state index is 11.4. The van der Waals surface area contributed by atoms with Gasteiger partial charge in [0.2, 0.25) is 10.0 Å². The van der Waals surface area contributed by atoms with Crippen LogP contribution >= 0.6 is 0 Å². The molecule has 1 N–H and O–H groups in total. The molecule has 0 aromatic rings. The highest BCUT2D eigenvalue weighted by molar-refractivity contribution is 7.88. The molecule has 2 unspecified atom stereocenters. The third-order valence-corrected chi connectivity index (χ3v) is 4.92. The first-order valence-corrected chi connectivity index (χ1v) is 8.56. The third kappa shape index (κ3) is 5.22. The third-order valence-electron chi connectivity index (χ3n) is 3.54. The predicted octanol–water partition coefficient (Wildman–Crippen LogP) is 0.673. The van der Waals surface area contributed by atoms with Gasteiger partial charge in [-0.25, -0.2) is 12.7 Å². The van der Waals surface area contributed by atoms with Gasteiger partial charge in [-0.1, -0.05) is 6.92 Å². The Balaban J connectivity index is 2.17. The molecule has 6 heteroatoms. The minimum Gasteiger partial charge on any atom is -0.381 e. The molecule has 0 radical (unpaired) electrons. The van der Waals surface area contributed by atoms with Crippen LogP contribution in [0.5, 0.6) is 0 Å². The van der Waals surface area contributed by atoms with Crippen LogP contribution in [-0.4, -0.2) is 57.9 Å². The summed E-state index contributed by atoms with van der Waals surface area (Å²) in [5, 5.41) is 3.45. The lowest BCUT2D eigenvalue weighted by Crippen LogP contribution is -2.37. The fraction of sp³-hybridized carbons (Fsp3) is 1.00. The van der Waals surface area contributed by atoms with Gasteiger partial charge in [-0.3, -0.25) is 0 Å². The van der Waals surface area contributed by atoms with Crippen molar-refractivity contribution in [1.29, 1.82) is 0 Å². The zero-order chi connectivity index (χ0) is 13.6. The summed E-state index contributed by atoms with van der Waals surface area (Å²) in [6, 6.07) is 0.445. The Hall–Kier alpha value is -0.170. The van der Waals surface area contributed by atoms with Gasteiger partial charge in [0.05, 0.1) is 12.9 Å². The second-order valence-electron chi connectivity index (χ2n) is 4.97. The Morgan fingerprint density at radius 2 is 2.22 bits per heavy atom. The van der Waals surface area contributed by atoms with Crippen LogP contribution in [0.1, 0.15) is 26.7 Å². The monoisotopic (exact) mass is 278 g/mol. The summed E-state index contributed by atoms with van der Waals surface area (Å²) in [6.45, 7) is 7.75. The summed E-state index contributed by atoms with van der Waals surface area (Å²) in [5.41, 5.74) is 0. The highest BCUT2D eigenvalue weighted by atomic mass is 32.2. The van der Waals surface area contributed by atoms with Gasteiger partial charge in [0, 0.05) is 25.7 Å². The standard InChI is InChI=1S/C12H26N2O3S/c1-4-14(18(3,15)16)8-5-7-13-11(2)12-6-9-17-10-12/h11-13H,4-10H2,1-3H3. The van der Waals surface area contributed by atoms with E-state index in [0.29, 0.717) is 25.0 Å². The van der Waals surface area contributed by atoms with Gasteiger partial charge in [0.25, 0.3) is 0 Å². The Kier molecular flexibility index (Phi) is 6.55. The maximum Gasteiger partial charge on any atom is 0.211 e. The molecule has 0 aromatic carbocycles. The fourth-order valence-electron chi connectivity index (χ4n) is 2.26. The number of nitrogens with zero attached hydrogens (tertiary/aromatic N) is 1. The van der Waals surface area contributed by atoms with E-state index in [4.69, 9.17) is 4.74 Å². The zero-order valence-electron chi connectivity index (χ0n) is 11.7. The van der Waals surface area contributed by atoms with Crippen LogP contribution in [0.4, 0.5) is 0 Å². The van der Waals surface area contributed by atoms with Crippen molar-refractivity contribution >= 4 is 10.0 Å². The number of ether oxygens (including phenoxy) is 1. The van der Waals surface area contributed by atoms with Gasteiger partial charge in [-0.15, -0.1) is 0 Å². The topological polar surface area (TPSA) is 58.6 Å². The molecular formula is C12H26N2O3S. The van der Waals surface area contributed by atoms with E-state index in [1.54, 1.807) is 0 Å². The first-order chi connectivity index (χ1) is 8.45. The molecular weight excluding hydrogens is 252 g/mol. The van der Waals surface area contributed by atoms with Gasteiger partial charge in [-0.2, -0.15) is 0 Å². The zero-order valence-corrected chi connectivity index (χ0v) is 12.5. The molecule has 1 aliphatic heterocycles. The SMILES string of the molecule is CCN(CCCNC(C)C1CCOC1)S(C)(=O)=O. The van der Waals surface area contributed by atoms with Crippen LogP contribution < -0.4 is 5.32 Å². The lowest BCUT2D eigenvalue weighted by atomic mass is 10.0. The second kappa shape index (κ2) is 7.43. The van der Waals surface area contributed by atoms with E-state index in [-0.39, 0.29) is 0 Å². The largest absolute Gasteiger partial charge is 0.381 e. The molecule has 18 heavy (non-hydrogen) atoms. The maximum atomic E-state index is 11.4. The van der Waals surface area contributed by atoms with Gasteiger partial charge in [0.1, 0.15) is 0 Å². The molecule has 0 aromatic heterocycles. The average Bonchev–Trinajstić information content (AvgIpc) is 2.80. The molecule has 0 spiro atoms. The first kappa shape index (κ1) is 15.9. The number of hydrogen-bond donors (Lipinski definition) is 1. The number of sulfonamides is 1.